The second-order valence-corrected chi connectivity index (χ2v) is 6.59. The van der Waals surface area contributed by atoms with Crippen LogP contribution in [-0.2, 0) is 0 Å². The lowest BCUT2D eigenvalue weighted by atomic mass is 10.3. The van der Waals surface area contributed by atoms with Gasteiger partial charge in [-0.25, -0.2) is 0 Å². The van der Waals surface area contributed by atoms with Gasteiger partial charge in [0.15, 0.2) is 0 Å². The van der Waals surface area contributed by atoms with Crippen molar-refractivity contribution in [2.75, 3.05) is 58.9 Å². The van der Waals surface area contributed by atoms with Crippen LogP contribution in [0.4, 0.5) is 0 Å². The van der Waals surface area contributed by atoms with Crippen molar-refractivity contribution in [3.05, 3.63) is 0 Å². The summed E-state index contributed by atoms with van der Waals surface area (Å²) in [6.45, 7) is 18.4. The number of hydrogen-bond donors (Lipinski definition) is 0. The summed E-state index contributed by atoms with van der Waals surface area (Å²) in [6, 6.07) is 0. The average molecular weight is 298 g/mol. The lowest BCUT2D eigenvalue weighted by Gasteiger charge is -2.25. The molecule has 1 saturated heterocycles. The molecule has 0 amide bonds. The summed E-state index contributed by atoms with van der Waals surface area (Å²) < 4.78 is 0. The monoisotopic (exact) mass is 297 g/mol. The van der Waals surface area contributed by atoms with E-state index in [9.17, 15) is 0 Å². The van der Waals surface area contributed by atoms with Crippen molar-refractivity contribution in [3.63, 3.8) is 0 Å². The van der Waals surface area contributed by atoms with E-state index in [0.29, 0.717) is 0 Å². The van der Waals surface area contributed by atoms with Crippen molar-refractivity contribution in [1.29, 1.82) is 0 Å². The molecule has 0 aromatic rings. The lowest BCUT2D eigenvalue weighted by molar-refractivity contribution is 0.215. The van der Waals surface area contributed by atoms with Crippen molar-refractivity contribution >= 4 is 0 Å². The third-order valence-electron chi connectivity index (χ3n) is 4.68. The highest BCUT2D eigenvalue weighted by Crippen LogP contribution is 2.05. The zero-order valence-corrected chi connectivity index (χ0v) is 14.9. The minimum atomic E-state index is 1.27. The van der Waals surface area contributed by atoms with E-state index in [1.807, 2.05) is 0 Å². The van der Waals surface area contributed by atoms with Crippen LogP contribution in [0, 0.1) is 0 Å². The SMILES string of the molecule is CCCCN1CCN(CCCC)CCN(CCCC)CC1. The molecule has 1 aliphatic rings. The summed E-state index contributed by atoms with van der Waals surface area (Å²) in [5.74, 6) is 0. The first kappa shape index (κ1) is 18.9. The van der Waals surface area contributed by atoms with E-state index >= 15 is 0 Å². The molecule has 0 atom stereocenters. The quantitative estimate of drug-likeness (QED) is 0.646. The maximum Gasteiger partial charge on any atom is 0.0110 e. The molecule has 1 fully saturated rings. The predicted molar refractivity (Wildman–Crippen MR) is 94.0 cm³/mol. The fourth-order valence-corrected chi connectivity index (χ4v) is 3.00. The molecule has 0 unspecified atom stereocenters. The summed E-state index contributed by atoms with van der Waals surface area (Å²) >= 11 is 0. The third-order valence-corrected chi connectivity index (χ3v) is 4.68. The Morgan fingerprint density at radius 1 is 0.476 bits per heavy atom. The fraction of sp³-hybridized carbons (Fsp3) is 1.00. The van der Waals surface area contributed by atoms with Crippen molar-refractivity contribution in [3.8, 4) is 0 Å². The first-order chi connectivity index (χ1) is 10.3. The summed E-state index contributed by atoms with van der Waals surface area (Å²) in [4.78, 5) is 8.10. The Bertz CT molecular complexity index is 182. The number of unbranched alkanes of at least 4 members (excludes halogenated alkanes) is 3. The van der Waals surface area contributed by atoms with Crippen molar-refractivity contribution in [2.24, 2.45) is 0 Å². The zero-order chi connectivity index (χ0) is 15.3. The molecule has 0 spiro atoms. The van der Waals surface area contributed by atoms with Crippen LogP contribution in [0.2, 0.25) is 0 Å². The molecule has 0 saturated carbocycles. The van der Waals surface area contributed by atoms with Gasteiger partial charge in [-0.05, 0) is 38.9 Å². The van der Waals surface area contributed by atoms with Crippen LogP contribution >= 0.6 is 0 Å². The van der Waals surface area contributed by atoms with Crippen LogP contribution in [0.3, 0.4) is 0 Å². The molecule has 0 aromatic heterocycles. The third kappa shape index (κ3) is 8.80. The lowest BCUT2D eigenvalue weighted by Crippen LogP contribution is -2.36. The van der Waals surface area contributed by atoms with E-state index in [0.717, 1.165) is 0 Å². The van der Waals surface area contributed by atoms with Crippen molar-refractivity contribution < 1.29 is 0 Å². The maximum absolute atomic E-state index is 2.70. The number of nitrogens with zero attached hydrogens (tertiary/aromatic N) is 3. The number of rotatable bonds is 9. The summed E-state index contributed by atoms with van der Waals surface area (Å²) in [6.07, 6.45) is 8.00. The molecule has 1 rings (SSSR count). The van der Waals surface area contributed by atoms with E-state index in [4.69, 9.17) is 0 Å². The maximum atomic E-state index is 2.70. The van der Waals surface area contributed by atoms with Crippen LogP contribution in [0.5, 0.6) is 0 Å². The molecule has 1 heterocycles. The molecule has 21 heavy (non-hydrogen) atoms. The highest BCUT2D eigenvalue weighted by Gasteiger charge is 2.15. The van der Waals surface area contributed by atoms with Gasteiger partial charge in [-0.15, -0.1) is 0 Å². The largest absolute Gasteiger partial charge is 0.301 e. The standard InChI is InChI=1S/C18H39N3/c1-4-7-10-19-13-15-20(11-8-5-2)17-18-21(16-14-19)12-9-6-3/h4-18H2,1-3H3. The van der Waals surface area contributed by atoms with Crippen LogP contribution in [0.25, 0.3) is 0 Å². The van der Waals surface area contributed by atoms with Crippen molar-refractivity contribution in [1.82, 2.24) is 14.7 Å². The smallest absolute Gasteiger partial charge is 0.0110 e. The fourth-order valence-electron chi connectivity index (χ4n) is 3.00. The summed E-state index contributed by atoms with van der Waals surface area (Å²) in [7, 11) is 0. The average Bonchev–Trinajstić information content (AvgIpc) is 2.60. The van der Waals surface area contributed by atoms with E-state index in [1.54, 1.807) is 0 Å². The Labute approximate surface area is 133 Å². The van der Waals surface area contributed by atoms with Gasteiger partial charge in [0.05, 0.1) is 0 Å². The van der Waals surface area contributed by atoms with Crippen LogP contribution in [-0.4, -0.2) is 73.6 Å². The van der Waals surface area contributed by atoms with E-state index < -0.39 is 0 Å². The van der Waals surface area contributed by atoms with Gasteiger partial charge in [0.2, 0.25) is 0 Å². The molecule has 0 radical (unpaired) electrons. The molecular formula is C18H39N3. The van der Waals surface area contributed by atoms with Gasteiger partial charge < -0.3 is 14.7 Å². The highest BCUT2D eigenvalue weighted by molar-refractivity contribution is 4.71. The van der Waals surface area contributed by atoms with Gasteiger partial charge in [-0.2, -0.15) is 0 Å². The second-order valence-electron chi connectivity index (χ2n) is 6.59. The predicted octanol–water partition coefficient (Wildman–Crippen LogP) is 3.31. The summed E-state index contributed by atoms with van der Waals surface area (Å²) in [5.41, 5.74) is 0. The second kappa shape index (κ2) is 12.4. The Hall–Kier alpha value is -0.120. The van der Waals surface area contributed by atoms with E-state index in [-0.39, 0.29) is 0 Å². The Morgan fingerprint density at radius 2 is 0.714 bits per heavy atom. The molecule has 0 aromatic carbocycles. The van der Waals surface area contributed by atoms with Gasteiger partial charge in [0.1, 0.15) is 0 Å². The first-order valence-electron chi connectivity index (χ1n) is 9.47. The van der Waals surface area contributed by atoms with Crippen LogP contribution < -0.4 is 0 Å². The Balaban J connectivity index is 2.49. The molecule has 126 valence electrons. The van der Waals surface area contributed by atoms with E-state index in [2.05, 4.69) is 35.5 Å². The van der Waals surface area contributed by atoms with Gasteiger partial charge >= 0.3 is 0 Å². The number of hydrogen-bond acceptors (Lipinski definition) is 3. The van der Waals surface area contributed by atoms with Crippen LogP contribution in [0.15, 0.2) is 0 Å². The highest BCUT2D eigenvalue weighted by atomic mass is 15.3. The Morgan fingerprint density at radius 3 is 0.905 bits per heavy atom. The van der Waals surface area contributed by atoms with Crippen molar-refractivity contribution in [2.45, 2.75) is 59.3 Å². The molecule has 0 bridgehead atoms. The molecule has 3 nitrogen and oxygen atoms in total. The first-order valence-corrected chi connectivity index (χ1v) is 9.47. The molecule has 3 heteroatoms. The van der Waals surface area contributed by atoms with Gasteiger partial charge in [-0.3, -0.25) is 0 Å². The minimum absolute atomic E-state index is 1.27. The topological polar surface area (TPSA) is 9.72 Å². The van der Waals surface area contributed by atoms with E-state index in [1.165, 1.54) is 97.4 Å². The molecule has 1 aliphatic heterocycles. The Kier molecular flexibility index (Phi) is 11.2. The van der Waals surface area contributed by atoms with Gasteiger partial charge in [0.25, 0.3) is 0 Å². The molecule has 0 N–H and O–H groups in total. The van der Waals surface area contributed by atoms with Gasteiger partial charge in [-0.1, -0.05) is 40.0 Å². The molecular weight excluding hydrogens is 258 g/mol. The molecule has 0 aliphatic carbocycles. The van der Waals surface area contributed by atoms with Gasteiger partial charge in [0, 0.05) is 39.3 Å². The summed E-state index contributed by atoms with van der Waals surface area (Å²) in [5, 5.41) is 0. The van der Waals surface area contributed by atoms with Crippen LogP contribution in [0.1, 0.15) is 59.3 Å². The minimum Gasteiger partial charge on any atom is -0.301 e. The normalized spacial score (nSPS) is 20.1. The zero-order valence-electron chi connectivity index (χ0n) is 14.9.